The second-order valence-corrected chi connectivity index (χ2v) is 4.72. The van der Waals surface area contributed by atoms with Crippen LogP contribution in [0, 0.1) is 0 Å². The zero-order chi connectivity index (χ0) is 14.4. The second kappa shape index (κ2) is 6.91. The van der Waals surface area contributed by atoms with Crippen molar-refractivity contribution in [2.45, 2.75) is 12.8 Å². The number of pyridine rings is 1. The Balaban J connectivity index is 1.88. The van der Waals surface area contributed by atoms with Gasteiger partial charge < -0.3 is 10.4 Å². The molecule has 0 aliphatic heterocycles. The number of nitrogens with one attached hydrogen (secondary N) is 1. The van der Waals surface area contributed by atoms with E-state index in [1.54, 1.807) is 0 Å². The number of carbonyl (C=O) groups is 1. The van der Waals surface area contributed by atoms with Gasteiger partial charge >= 0.3 is 5.97 Å². The van der Waals surface area contributed by atoms with Gasteiger partial charge in [-0.05, 0) is 24.5 Å². The van der Waals surface area contributed by atoms with Crippen LogP contribution in [0.5, 0.6) is 0 Å². The Morgan fingerprint density at radius 3 is 2.70 bits per heavy atom. The number of anilines is 1. The number of aromatic nitrogens is 1. The molecule has 2 rings (SSSR count). The summed E-state index contributed by atoms with van der Waals surface area (Å²) in [6.07, 6.45) is 3.30. The number of nitrogens with zero attached hydrogens (tertiary/aromatic N) is 1. The molecule has 0 saturated carbocycles. The molecule has 104 valence electrons. The number of hydrogen-bond acceptors (Lipinski definition) is 3. The van der Waals surface area contributed by atoms with Crippen molar-refractivity contribution < 1.29 is 9.90 Å². The number of carboxylic acid groups (broad SMARTS) is 1. The smallest absolute Gasteiger partial charge is 0.337 e. The molecule has 2 aromatic rings. The Hall–Kier alpha value is -2.07. The number of hydrogen-bond donors (Lipinski definition) is 2. The Morgan fingerprint density at radius 1 is 1.25 bits per heavy atom. The summed E-state index contributed by atoms with van der Waals surface area (Å²) in [6, 6.07) is 11.6. The van der Waals surface area contributed by atoms with E-state index >= 15 is 0 Å². The largest absolute Gasteiger partial charge is 0.478 e. The van der Waals surface area contributed by atoms with Crippen molar-refractivity contribution in [1.29, 1.82) is 0 Å². The maximum Gasteiger partial charge on any atom is 0.337 e. The molecule has 0 aliphatic rings. The maximum atomic E-state index is 10.9. The van der Waals surface area contributed by atoms with Crippen molar-refractivity contribution in [3.8, 4) is 0 Å². The Labute approximate surface area is 122 Å². The van der Waals surface area contributed by atoms with Crippen molar-refractivity contribution >= 4 is 23.4 Å². The summed E-state index contributed by atoms with van der Waals surface area (Å²) in [5, 5.41) is 12.2. The zero-order valence-corrected chi connectivity index (χ0v) is 11.6. The molecule has 0 amide bonds. The summed E-state index contributed by atoms with van der Waals surface area (Å²) in [5.41, 5.74) is 1.33. The third-order valence-electron chi connectivity index (χ3n) is 2.90. The molecule has 0 fully saturated rings. The van der Waals surface area contributed by atoms with Gasteiger partial charge in [-0.1, -0.05) is 41.9 Å². The minimum Gasteiger partial charge on any atom is -0.478 e. The monoisotopic (exact) mass is 290 g/mol. The van der Waals surface area contributed by atoms with Gasteiger partial charge in [-0.25, -0.2) is 9.78 Å². The predicted octanol–water partition coefficient (Wildman–Crippen LogP) is 3.48. The molecule has 0 saturated heterocycles. The average molecular weight is 291 g/mol. The van der Waals surface area contributed by atoms with E-state index in [-0.39, 0.29) is 10.6 Å². The van der Waals surface area contributed by atoms with Gasteiger partial charge in [-0.3, -0.25) is 0 Å². The molecule has 2 N–H and O–H groups in total. The Kier molecular flexibility index (Phi) is 4.96. The van der Waals surface area contributed by atoms with Crippen LogP contribution in [0.3, 0.4) is 0 Å². The summed E-state index contributed by atoms with van der Waals surface area (Å²) in [7, 11) is 0. The summed E-state index contributed by atoms with van der Waals surface area (Å²) in [6.45, 7) is 0.685. The Bertz CT molecular complexity index is 588. The van der Waals surface area contributed by atoms with Gasteiger partial charge in [-0.2, -0.15) is 0 Å². The third kappa shape index (κ3) is 3.71. The number of carboxylic acids is 1. The van der Waals surface area contributed by atoms with Gasteiger partial charge in [0, 0.05) is 12.7 Å². The van der Waals surface area contributed by atoms with Gasteiger partial charge in [0.1, 0.15) is 5.82 Å². The maximum absolute atomic E-state index is 10.9. The number of halogens is 1. The molecule has 0 bridgehead atoms. The molecule has 1 aromatic carbocycles. The molecule has 0 unspecified atom stereocenters. The first-order chi connectivity index (χ1) is 9.68. The van der Waals surface area contributed by atoms with Gasteiger partial charge in [0.15, 0.2) is 0 Å². The number of rotatable bonds is 6. The van der Waals surface area contributed by atoms with Crippen molar-refractivity contribution in [3.05, 3.63) is 58.7 Å². The van der Waals surface area contributed by atoms with E-state index in [9.17, 15) is 4.79 Å². The molecular formula is C15H15ClN2O2. The fraction of sp³-hybridized carbons (Fsp3) is 0.200. The lowest BCUT2D eigenvalue weighted by molar-refractivity contribution is 0.0697. The van der Waals surface area contributed by atoms with E-state index < -0.39 is 5.97 Å². The minimum atomic E-state index is -1.05. The molecule has 20 heavy (non-hydrogen) atoms. The number of benzene rings is 1. The van der Waals surface area contributed by atoms with Gasteiger partial charge in [0.25, 0.3) is 0 Å². The van der Waals surface area contributed by atoms with Crippen LogP contribution < -0.4 is 5.32 Å². The van der Waals surface area contributed by atoms with Gasteiger partial charge in [-0.15, -0.1) is 0 Å². The van der Waals surface area contributed by atoms with Crippen molar-refractivity contribution in [2.24, 2.45) is 0 Å². The lowest BCUT2D eigenvalue weighted by Crippen LogP contribution is -2.07. The molecular weight excluding hydrogens is 276 g/mol. The van der Waals surface area contributed by atoms with Crippen LogP contribution >= 0.6 is 11.6 Å². The topological polar surface area (TPSA) is 62.2 Å². The molecule has 1 aromatic heterocycles. The highest BCUT2D eigenvalue weighted by atomic mass is 35.5. The fourth-order valence-electron chi connectivity index (χ4n) is 1.88. The van der Waals surface area contributed by atoms with E-state index in [4.69, 9.17) is 16.7 Å². The summed E-state index contributed by atoms with van der Waals surface area (Å²) in [4.78, 5) is 15.0. The van der Waals surface area contributed by atoms with E-state index in [0.29, 0.717) is 12.4 Å². The predicted molar refractivity (Wildman–Crippen MR) is 79.5 cm³/mol. The van der Waals surface area contributed by atoms with E-state index in [1.165, 1.54) is 17.8 Å². The summed E-state index contributed by atoms with van der Waals surface area (Å²) in [5.74, 6) is -0.635. The fourth-order valence-corrected chi connectivity index (χ4v) is 2.14. The first-order valence-electron chi connectivity index (χ1n) is 6.34. The molecule has 1 heterocycles. The molecule has 0 radical (unpaired) electrons. The summed E-state index contributed by atoms with van der Waals surface area (Å²) < 4.78 is 0. The quantitative estimate of drug-likeness (QED) is 0.800. The van der Waals surface area contributed by atoms with Crippen LogP contribution in [0.1, 0.15) is 22.3 Å². The van der Waals surface area contributed by atoms with Crippen molar-refractivity contribution in [3.63, 3.8) is 0 Å². The minimum absolute atomic E-state index is 0.0622. The number of aromatic carboxylic acids is 1. The standard InChI is InChI=1S/C15H15ClN2O2/c16-13-12(15(19)20)8-10-18-14(13)17-9-4-7-11-5-2-1-3-6-11/h1-3,5-6,8,10H,4,7,9H2,(H,17,18)(H,19,20). The van der Waals surface area contributed by atoms with E-state index in [1.807, 2.05) is 18.2 Å². The van der Waals surface area contributed by atoms with Gasteiger partial charge in [0.2, 0.25) is 0 Å². The van der Waals surface area contributed by atoms with Crippen LogP contribution in [-0.4, -0.2) is 22.6 Å². The summed E-state index contributed by atoms with van der Waals surface area (Å²) >= 11 is 5.99. The zero-order valence-electron chi connectivity index (χ0n) is 10.8. The van der Waals surface area contributed by atoms with Crippen LogP contribution in [0.2, 0.25) is 5.02 Å². The van der Waals surface area contributed by atoms with Crippen LogP contribution in [0.25, 0.3) is 0 Å². The van der Waals surface area contributed by atoms with Crippen LogP contribution in [0.4, 0.5) is 5.82 Å². The highest BCUT2D eigenvalue weighted by Crippen LogP contribution is 2.23. The highest BCUT2D eigenvalue weighted by Gasteiger charge is 2.12. The number of aryl methyl sites for hydroxylation is 1. The van der Waals surface area contributed by atoms with Crippen LogP contribution in [-0.2, 0) is 6.42 Å². The van der Waals surface area contributed by atoms with E-state index in [2.05, 4.69) is 22.4 Å². The Morgan fingerprint density at radius 2 is 2.00 bits per heavy atom. The molecule has 5 heteroatoms. The lowest BCUT2D eigenvalue weighted by Gasteiger charge is -2.08. The second-order valence-electron chi connectivity index (χ2n) is 4.34. The first kappa shape index (κ1) is 14.3. The molecule has 0 atom stereocenters. The average Bonchev–Trinajstić information content (AvgIpc) is 2.46. The SMILES string of the molecule is O=C(O)c1ccnc(NCCCc2ccccc2)c1Cl. The van der Waals surface area contributed by atoms with Crippen molar-refractivity contribution in [2.75, 3.05) is 11.9 Å². The third-order valence-corrected chi connectivity index (χ3v) is 3.28. The molecule has 0 aliphatic carbocycles. The normalized spacial score (nSPS) is 10.2. The van der Waals surface area contributed by atoms with E-state index in [0.717, 1.165) is 12.8 Å². The molecule has 0 spiro atoms. The first-order valence-corrected chi connectivity index (χ1v) is 6.72. The highest BCUT2D eigenvalue weighted by molar-refractivity contribution is 6.35. The van der Waals surface area contributed by atoms with Crippen LogP contribution in [0.15, 0.2) is 42.6 Å². The lowest BCUT2D eigenvalue weighted by atomic mass is 10.1. The molecule has 4 nitrogen and oxygen atoms in total. The van der Waals surface area contributed by atoms with Gasteiger partial charge in [0.05, 0.1) is 10.6 Å². The van der Waals surface area contributed by atoms with Crippen molar-refractivity contribution in [1.82, 2.24) is 4.98 Å².